The number of rotatable bonds is 6. The summed E-state index contributed by atoms with van der Waals surface area (Å²) in [6.07, 6.45) is 0.0205. The van der Waals surface area contributed by atoms with Crippen LogP contribution in [0.5, 0.6) is 0 Å². The number of nitrogens with two attached hydrogens (primary N) is 1. The molecule has 1 aromatic heterocycles. The smallest absolute Gasteiger partial charge is 0.223 e. The van der Waals surface area contributed by atoms with Crippen LogP contribution in [0.2, 0.25) is 0 Å². The van der Waals surface area contributed by atoms with Crippen LogP contribution in [0, 0.1) is 0 Å². The molecule has 0 aliphatic heterocycles. The van der Waals surface area contributed by atoms with E-state index in [0.717, 1.165) is 16.9 Å². The summed E-state index contributed by atoms with van der Waals surface area (Å²) >= 11 is 0. The average molecular weight is 276 g/mol. The minimum Gasteiger partial charge on any atom is -0.380 e. The van der Waals surface area contributed by atoms with Crippen LogP contribution in [-0.4, -0.2) is 35.2 Å². The van der Waals surface area contributed by atoms with Gasteiger partial charge in [0.2, 0.25) is 5.91 Å². The van der Waals surface area contributed by atoms with Gasteiger partial charge in [0, 0.05) is 20.7 Å². The van der Waals surface area contributed by atoms with Crippen LogP contribution in [-0.2, 0) is 23.1 Å². The van der Waals surface area contributed by atoms with E-state index in [9.17, 15) is 4.79 Å². The zero-order valence-electron chi connectivity index (χ0n) is 11.8. The second-order valence-corrected chi connectivity index (χ2v) is 4.65. The lowest BCUT2D eigenvalue weighted by Crippen LogP contribution is -2.32. The second kappa shape index (κ2) is 6.49. The zero-order valence-corrected chi connectivity index (χ0v) is 11.8. The van der Waals surface area contributed by atoms with E-state index in [4.69, 9.17) is 10.5 Å². The van der Waals surface area contributed by atoms with Gasteiger partial charge in [-0.05, 0) is 12.1 Å². The van der Waals surface area contributed by atoms with Crippen molar-refractivity contribution in [2.75, 3.05) is 13.7 Å². The molecule has 2 rings (SSSR count). The molecule has 0 spiro atoms. The first-order valence-corrected chi connectivity index (χ1v) is 6.55. The second-order valence-electron chi connectivity index (χ2n) is 4.65. The fraction of sp³-hybridized carbons (Fsp3) is 0.429. The molecule has 20 heavy (non-hydrogen) atoms. The lowest BCUT2D eigenvalue weighted by atomic mass is 10.2. The Labute approximate surface area is 117 Å². The zero-order chi connectivity index (χ0) is 14.5. The molecule has 1 heterocycles. The highest BCUT2D eigenvalue weighted by Crippen LogP contribution is 2.13. The van der Waals surface area contributed by atoms with Crippen LogP contribution in [0.25, 0.3) is 11.0 Å². The normalized spacial score (nSPS) is 12.6. The number of aryl methyl sites for hydroxylation is 1. The molecule has 0 bridgehead atoms. The number of hydrogen-bond donors (Lipinski definition) is 2. The maximum absolute atomic E-state index is 11.8. The predicted octanol–water partition coefficient (Wildman–Crippen LogP) is 0.553. The molecule has 1 unspecified atom stereocenters. The molecule has 3 N–H and O–H groups in total. The van der Waals surface area contributed by atoms with Gasteiger partial charge in [-0.1, -0.05) is 12.1 Å². The van der Waals surface area contributed by atoms with E-state index >= 15 is 0 Å². The van der Waals surface area contributed by atoms with Crippen LogP contribution in [0.3, 0.4) is 0 Å². The Hall–Kier alpha value is -1.92. The third kappa shape index (κ3) is 3.15. The topological polar surface area (TPSA) is 82.2 Å². The van der Waals surface area contributed by atoms with E-state index in [1.807, 2.05) is 35.9 Å². The quantitative estimate of drug-likeness (QED) is 0.807. The van der Waals surface area contributed by atoms with Crippen LogP contribution >= 0.6 is 0 Å². The lowest BCUT2D eigenvalue weighted by Gasteiger charge is -2.12. The standard InChI is InChI=1S/C14H20N4O2/c1-18-12-6-4-3-5-11(12)17-13(18)9-16-14(19)7-10(8-15)20-2/h3-6,10H,7-9,15H2,1-2H3,(H,16,19). The SMILES string of the molecule is COC(CN)CC(=O)NCc1nc2ccccc2n1C. The van der Waals surface area contributed by atoms with Gasteiger partial charge in [-0.15, -0.1) is 0 Å². The summed E-state index contributed by atoms with van der Waals surface area (Å²) in [5.41, 5.74) is 7.47. The number of benzene rings is 1. The van der Waals surface area contributed by atoms with Gasteiger partial charge in [-0.3, -0.25) is 4.79 Å². The van der Waals surface area contributed by atoms with Crippen molar-refractivity contribution in [1.82, 2.24) is 14.9 Å². The van der Waals surface area contributed by atoms with E-state index in [-0.39, 0.29) is 18.4 Å². The number of ether oxygens (including phenoxy) is 1. The first-order chi connectivity index (χ1) is 9.65. The fourth-order valence-corrected chi connectivity index (χ4v) is 2.07. The molecule has 0 aliphatic carbocycles. The Balaban J connectivity index is 1.99. The highest BCUT2D eigenvalue weighted by molar-refractivity contribution is 5.77. The van der Waals surface area contributed by atoms with Crippen molar-refractivity contribution in [2.24, 2.45) is 12.8 Å². The van der Waals surface area contributed by atoms with Gasteiger partial charge in [0.1, 0.15) is 5.82 Å². The Morgan fingerprint density at radius 1 is 1.50 bits per heavy atom. The number of nitrogens with zero attached hydrogens (tertiary/aromatic N) is 2. The first kappa shape index (κ1) is 14.5. The van der Waals surface area contributed by atoms with E-state index < -0.39 is 0 Å². The van der Waals surface area contributed by atoms with Crippen molar-refractivity contribution in [3.63, 3.8) is 0 Å². The highest BCUT2D eigenvalue weighted by Gasteiger charge is 2.12. The number of carbonyl (C=O) groups excluding carboxylic acids is 1. The molecule has 1 aromatic carbocycles. The summed E-state index contributed by atoms with van der Waals surface area (Å²) in [5, 5.41) is 2.84. The maximum Gasteiger partial charge on any atom is 0.223 e. The highest BCUT2D eigenvalue weighted by atomic mass is 16.5. The Morgan fingerprint density at radius 3 is 2.90 bits per heavy atom. The van der Waals surface area contributed by atoms with Gasteiger partial charge in [0.05, 0.1) is 30.1 Å². The fourth-order valence-electron chi connectivity index (χ4n) is 2.07. The van der Waals surface area contributed by atoms with Crippen molar-refractivity contribution in [1.29, 1.82) is 0 Å². The van der Waals surface area contributed by atoms with E-state index in [1.54, 1.807) is 7.11 Å². The summed E-state index contributed by atoms with van der Waals surface area (Å²) in [6, 6.07) is 7.87. The van der Waals surface area contributed by atoms with Crippen LogP contribution in [0.15, 0.2) is 24.3 Å². The summed E-state index contributed by atoms with van der Waals surface area (Å²) in [4.78, 5) is 16.3. The molecule has 0 fully saturated rings. The maximum atomic E-state index is 11.8. The largest absolute Gasteiger partial charge is 0.380 e. The molecule has 0 radical (unpaired) electrons. The summed E-state index contributed by atoms with van der Waals surface area (Å²) in [6.45, 7) is 0.723. The average Bonchev–Trinajstić information content (AvgIpc) is 2.79. The number of para-hydroxylation sites is 2. The third-order valence-corrected chi connectivity index (χ3v) is 3.33. The summed E-state index contributed by atoms with van der Waals surface area (Å²) < 4.78 is 7.07. The number of hydrogen-bond acceptors (Lipinski definition) is 4. The Morgan fingerprint density at radius 2 is 2.25 bits per heavy atom. The summed E-state index contributed by atoms with van der Waals surface area (Å²) in [5.74, 6) is 0.732. The molecule has 108 valence electrons. The molecular formula is C14H20N4O2. The van der Waals surface area contributed by atoms with Gasteiger partial charge in [-0.2, -0.15) is 0 Å². The molecule has 0 saturated heterocycles. The van der Waals surface area contributed by atoms with Gasteiger partial charge in [-0.25, -0.2) is 4.98 Å². The molecule has 0 aliphatic rings. The van der Waals surface area contributed by atoms with Crippen molar-refractivity contribution in [2.45, 2.75) is 19.1 Å². The van der Waals surface area contributed by atoms with E-state index in [2.05, 4.69) is 10.3 Å². The minimum atomic E-state index is -0.240. The van der Waals surface area contributed by atoms with Crippen LogP contribution < -0.4 is 11.1 Å². The van der Waals surface area contributed by atoms with E-state index in [0.29, 0.717) is 13.1 Å². The Bertz CT molecular complexity index is 590. The van der Waals surface area contributed by atoms with E-state index in [1.165, 1.54) is 0 Å². The summed E-state index contributed by atoms with van der Waals surface area (Å²) in [7, 11) is 3.49. The number of imidazole rings is 1. The number of methoxy groups -OCH3 is 1. The molecule has 0 saturated carbocycles. The predicted molar refractivity (Wildman–Crippen MR) is 77.0 cm³/mol. The molecule has 1 atom stereocenters. The van der Waals surface area contributed by atoms with Crippen molar-refractivity contribution in [3.05, 3.63) is 30.1 Å². The number of carbonyl (C=O) groups is 1. The Kier molecular flexibility index (Phi) is 4.70. The van der Waals surface area contributed by atoms with Crippen molar-refractivity contribution < 1.29 is 9.53 Å². The van der Waals surface area contributed by atoms with Gasteiger partial charge < -0.3 is 20.4 Å². The van der Waals surface area contributed by atoms with Crippen LogP contribution in [0.1, 0.15) is 12.2 Å². The molecule has 1 amide bonds. The number of nitrogens with one attached hydrogen (secondary N) is 1. The van der Waals surface area contributed by atoms with Crippen molar-refractivity contribution in [3.8, 4) is 0 Å². The van der Waals surface area contributed by atoms with Crippen LogP contribution in [0.4, 0.5) is 0 Å². The molecule has 6 heteroatoms. The van der Waals surface area contributed by atoms with Crippen molar-refractivity contribution >= 4 is 16.9 Å². The third-order valence-electron chi connectivity index (χ3n) is 3.33. The molecule has 6 nitrogen and oxygen atoms in total. The molecular weight excluding hydrogens is 256 g/mol. The van der Waals surface area contributed by atoms with Gasteiger partial charge in [0.25, 0.3) is 0 Å². The first-order valence-electron chi connectivity index (χ1n) is 6.55. The number of amides is 1. The minimum absolute atomic E-state index is 0.0886. The van der Waals surface area contributed by atoms with Gasteiger partial charge >= 0.3 is 0 Å². The number of fused-ring (bicyclic) bond motifs is 1. The monoisotopic (exact) mass is 276 g/mol. The van der Waals surface area contributed by atoms with Gasteiger partial charge in [0.15, 0.2) is 0 Å². The number of aromatic nitrogens is 2. The molecule has 2 aromatic rings. The lowest BCUT2D eigenvalue weighted by molar-refractivity contribution is -0.123.